The van der Waals surface area contributed by atoms with Gasteiger partial charge in [-0.05, 0) is 0 Å². The standard InChI is InChI=1S/C7H16N2OS/c1-4-8-9-7(5-10)11-6(2)3/h5-9H,4H2,1-3H3. The molecule has 0 amide bonds. The fraction of sp³-hybridized carbons (Fsp3) is 0.857. The highest BCUT2D eigenvalue weighted by Crippen LogP contribution is 2.12. The van der Waals surface area contributed by atoms with E-state index in [4.69, 9.17) is 0 Å². The Hall–Kier alpha value is -0.0600. The van der Waals surface area contributed by atoms with Crippen LogP contribution in [0.4, 0.5) is 0 Å². The molecule has 0 rings (SSSR count). The SMILES string of the molecule is CCNNC(C=O)SC(C)C. The van der Waals surface area contributed by atoms with E-state index in [1.165, 1.54) is 0 Å². The Morgan fingerprint density at radius 3 is 2.55 bits per heavy atom. The Morgan fingerprint density at radius 2 is 2.18 bits per heavy atom. The monoisotopic (exact) mass is 176 g/mol. The van der Waals surface area contributed by atoms with E-state index in [-0.39, 0.29) is 5.37 Å². The molecule has 66 valence electrons. The van der Waals surface area contributed by atoms with E-state index in [2.05, 4.69) is 24.7 Å². The lowest BCUT2D eigenvalue weighted by atomic mass is 10.6. The van der Waals surface area contributed by atoms with E-state index in [0.717, 1.165) is 12.8 Å². The van der Waals surface area contributed by atoms with E-state index in [1.54, 1.807) is 11.8 Å². The molecule has 0 radical (unpaired) electrons. The van der Waals surface area contributed by atoms with Crippen molar-refractivity contribution in [3.05, 3.63) is 0 Å². The van der Waals surface area contributed by atoms with Gasteiger partial charge < -0.3 is 4.79 Å². The van der Waals surface area contributed by atoms with Crippen LogP contribution in [0.2, 0.25) is 0 Å². The van der Waals surface area contributed by atoms with Gasteiger partial charge in [-0.25, -0.2) is 5.43 Å². The van der Waals surface area contributed by atoms with E-state index >= 15 is 0 Å². The number of nitrogens with one attached hydrogen (secondary N) is 2. The second kappa shape index (κ2) is 6.64. The van der Waals surface area contributed by atoms with E-state index < -0.39 is 0 Å². The average molecular weight is 176 g/mol. The van der Waals surface area contributed by atoms with Crippen LogP contribution in [0.1, 0.15) is 20.8 Å². The first-order valence-corrected chi connectivity index (χ1v) is 4.74. The van der Waals surface area contributed by atoms with Gasteiger partial charge in [0, 0.05) is 11.8 Å². The molecule has 0 aliphatic heterocycles. The fourth-order valence-electron chi connectivity index (χ4n) is 0.596. The maximum atomic E-state index is 10.4. The van der Waals surface area contributed by atoms with Gasteiger partial charge in [0.15, 0.2) is 0 Å². The smallest absolute Gasteiger partial charge is 0.148 e. The van der Waals surface area contributed by atoms with Crippen LogP contribution in [-0.4, -0.2) is 23.5 Å². The molecule has 1 atom stereocenters. The fourth-order valence-corrected chi connectivity index (χ4v) is 1.40. The number of hydrazine groups is 1. The molecule has 0 saturated carbocycles. The summed E-state index contributed by atoms with van der Waals surface area (Å²) in [5.74, 6) is 0. The topological polar surface area (TPSA) is 41.1 Å². The molecule has 0 aliphatic rings. The van der Waals surface area contributed by atoms with Crippen LogP contribution in [0.25, 0.3) is 0 Å². The summed E-state index contributed by atoms with van der Waals surface area (Å²) in [4.78, 5) is 10.4. The molecule has 0 spiro atoms. The third kappa shape index (κ3) is 6.34. The largest absolute Gasteiger partial charge is 0.301 e. The van der Waals surface area contributed by atoms with Crippen molar-refractivity contribution in [2.75, 3.05) is 6.54 Å². The van der Waals surface area contributed by atoms with Gasteiger partial charge in [-0.1, -0.05) is 20.8 Å². The highest BCUT2D eigenvalue weighted by Gasteiger charge is 2.07. The second-order valence-electron chi connectivity index (χ2n) is 2.42. The minimum atomic E-state index is -0.130. The van der Waals surface area contributed by atoms with E-state index in [9.17, 15) is 4.79 Å². The van der Waals surface area contributed by atoms with Crippen LogP contribution in [0.3, 0.4) is 0 Å². The van der Waals surface area contributed by atoms with Gasteiger partial charge in [0.1, 0.15) is 11.7 Å². The number of thioether (sulfide) groups is 1. The van der Waals surface area contributed by atoms with E-state index in [0.29, 0.717) is 5.25 Å². The molecule has 0 aliphatic carbocycles. The molecule has 1 unspecified atom stereocenters. The van der Waals surface area contributed by atoms with Crippen molar-refractivity contribution in [1.82, 2.24) is 10.9 Å². The summed E-state index contributed by atoms with van der Waals surface area (Å²) in [6.07, 6.45) is 0.910. The van der Waals surface area contributed by atoms with Gasteiger partial charge in [0.05, 0.1) is 0 Å². The number of hydrogen-bond acceptors (Lipinski definition) is 4. The van der Waals surface area contributed by atoms with Crippen molar-refractivity contribution in [2.24, 2.45) is 0 Å². The summed E-state index contributed by atoms with van der Waals surface area (Å²) >= 11 is 1.60. The van der Waals surface area contributed by atoms with Crippen molar-refractivity contribution in [3.8, 4) is 0 Å². The lowest BCUT2D eigenvalue weighted by Crippen LogP contribution is -2.40. The van der Waals surface area contributed by atoms with Crippen LogP contribution < -0.4 is 10.9 Å². The van der Waals surface area contributed by atoms with Crippen LogP contribution in [0.5, 0.6) is 0 Å². The Balaban J connectivity index is 3.49. The third-order valence-corrected chi connectivity index (χ3v) is 2.03. The minimum Gasteiger partial charge on any atom is -0.301 e. The average Bonchev–Trinajstić information content (AvgIpc) is 1.97. The first-order valence-electron chi connectivity index (χ1n) is 3.79. The van der Waals surface area contributed by atoms with Gasteiger partial charge in [0.25, 0.3) is 0 Å². The van der Waals surface area contributed by atoms with Crippen LogP contribution in [-0.2, 0) is 4.79 Å². The normalized spacial score (nSPS) is 13.5. The van der Waals surface area contributed by atoms with Gasteiger partial charge in [-0.15, -0.1) is 11.8 Å². The second-order valence-corrected chi connectivity index (χ2v) is 4.14. The lowest BCUT2D eigenvalue weighted by Gasteiger charge is -2.14. The zero-order valence-electron chi connectivity index (χ0n) is 7.26. The summed E-state index contributed by atoms with van der Waals surface area (Å²) in [6, 6.07) is 0. The molecule has 3 nitrogen and oxygen atoms in total. The third-order valence-electron chi connectivity index (χ3n) is 0.963. The lowest BCUT2D eigenvalue weighted by molar-refractivity contribution is -0.108. The molecule has 4 heteroatoms. The number of hydrogen-bond donors (Lipinski definition) is 2. The zero-order valence-corrected chi connectivity index (χ0v) is 8.07. The van der Waals surface area contributed by atoms with Crippen LogP contribution in [0.15, 0.2) is 0 Å². The molecule has 0 aromatic rings. The summed E-state index contributed by atoms with van der Waals surface area (Å²) < 4.78 is 0. The molecule has 0 aromatic carbocycles. The quantitative estimate of drug-likeness (QED) is 0.356. The van der Waals surface area contributed by atoms with E-state index in [1.807, 2.05) is 6.92 Å². The van der Waals surface area contributed by atoms with Crippen molar-refractivity contribution >= 4 is 18.0 Å². The molecule has 0 aromatic heterocycles. The van der Waals surface area contributed by atoms with Crippen LogP contribution in [0, 0.1) is 0 Å². The molecule has 0 heterocycles. The summed E-state index contributed by atoms with van der Waals surface area (Å²) in [6.45, 7) is 6.93. The number of carbonyl (C=O) groups is 1. The number of aldehydes is 1. The van der Waals surface area contributed by atoms with Crippen molar-refractivity contribution < 1.29 is 4.79 Å². The summed E-state index contributed by atoms with van der Waals surface area (Å²) in [5, 5.41) is 0.339. The van der Waals surface area contributed by atoms with Gasteiger partial charge in [0.2, 0.25) is 0 Å². The molecule has 0 bridgehead atoms. The predicted molar refractivity (Wildman–Crippen MR) is 49.4 cm³/mol. The van der Waals surface area contributed by atoms with Gasteiger partial charge >= 0.3 is 0 Å². The van der Waals surface area contributed by atoms with Crippen LogP contribution >= 0.6 is 11.8 Å². The molecular formula is C7H16N2OS. The van der Waals surface area contributed by atoms with Crippen molar-refractivity contribution in [1.29, 1.82) is 0 Å². The minimum absolute atomic E-state index is 0.130. The molecular weight excluding hydrogens is 160 g/mol. The number of rotatable bonds is 6. The Morgan fingerprint density at radius 1 is 1.55 bits per heavy atom. The molecule has 0 fully saturated rings. The maximum Gasteiger partial charge on any atom is 0.148 e. The first kappa shape index (κ1) is 10.9. The van der Waals surface area contributed by atoms with Crippen molar-refractivity contribution in [2.45, 2.75) is 31.4 Å². The molecule has 2 N–H and O–H groups in total. The summed E-state index contributed by atoms with van der Waals surface area (Å²) in [7, 11) is 0. The molecule has 0 saturated heterocycles. The van der Waals surface area contributed by atoms with Gasteiger partial charge in [-0.2, -0.15) is 0 Å². The number of carbonyl (C=O) groups excluding carboxylic acids is 1. The Bertz CT molecular complexity index is 109. The first-order chi connectivity index (χ1) is 5.20. The molecule has 11 heavy (non-hydrogen) atoms. The van der Waals surface area contributed by atoms with Gasteiger partial charge in [-0.3, -0.25) is 5.43 Å². The highest BCUT2D eigenvalue weighted by molar-refractivity contribution is 8.01. The van der Waals surface area contributed by atoms with Crippen molar-refractivity contribution in [3.63, 3.8) is 0 Å². The maximum absolute atomic E-state index is 10.4. The Kier molecular flexibility index (Phi) is 6.60. The summed E-state index contributed by atoms with van der Waals surface area (Å²) in [5.41, 5.74) is 5.80. The zero-order chi connectivity index (χ0) is 8.69. The predicted octanol–water partition coefficient (Wildman–Crippen LogP) is 0.767. The Labute approximate surface area is 72.3 Å². The highest BCUT2D eigenvalue weighted by atomic mass is 32.2.